The van der Waals surface area contributed by atoms with Gasteiger partial charge in [0, 0.05) is 11.0 Å². The molecule has 0 heterocycles. The maximum absolute atomic E-state index is 13.0. The number of aryl methyl sites for hydroxylation is 3. The summed E-state index contributed by atoms with van der Waals surface area (Å²) >= 11 is 0. The predicted octanol–water partition coefficient (Wildman–Crippen LogP) is 4.76. The molecular weight excluding hydrogens is 220 g/mol. The Labute approximate surface area is 111 Å². The molecule has 1 heteroatoms. The number of carbonyl (C=O) groups is 1. The standard InChI is InChI=1S/C17H24O/c1-5-17(8-6-7-9-17)16(18)15-13(3)10-12(2)11-14(15)4/h10-11H,5-9H2,1-4H3. The van der Waals surface area contributed by atoms with E-state index in [1.54, 1.807) is 0 Å². The van der Waals surface area contributed by atoms with E-state index < -0.39 is 0 Å². The molecule has 1 saturated carbocycles. The van der Waals surface area contributed by atoms with Crippen molar-refractivity contribution in [1.29, 1.82) is 0 Å². The summed E-state index contributed by atoms with van der Waals surface area (Å²) in [5.41, 5.74) is 4.47. The van der Waals surface area contributed by atoms with E-state index >= 15 is 0 Å². The first-order valence-electron chi connectivity index (χ1n) is 7.13. The normalized spacial score (nSPS) is 18.0. The van der Waals surface area contributed by atoms with E-state index in [1.807, 2.05) is 0 Å². The molecular formula is C17H24O. The zero-order chi connectivity index (χ0) is 13.3. The van der Waals surface area contributed by atoms with Gasteiger partial charge in [-0.1, -0.05) is 37.5 Å². The number of rotatable bonds is 3. The molecule has 1 aromatic carbocycles. The lowest BCUT2D eigenvalue weighted by atomic mass is 9.74. The maximum atomic E-state index is 13.0. The molecule has 98 valence electrons. The van der Waals surface area contributed by atoms with Crippen LogP contribution in [0.1, 0.15) is 66.1 Å². The quantitative estimate of drug-likeness (QED) is 0.700. The summed E-state index contributed by atoms with van der Waals surface area (Å²) in [6.45, 7) is 8.42. The SMILES string of the molecule is CCC1(C(=O)c2c(C)cc(C)cc2C)CCCC1. The van der Waals surface area contributed by atoms with Gasteiger partial charge in [-0.25, -0.2) is 0 Å². The third kappa shape index (κ3) is 2.11. The molecule has 0 aromatic heterocycles. The Balaban J connectivity index is 2.46. The number of ketones is 1. The van der Waals surface area contributed by atoms with Crippen LogP contribution >= 0.6 is 0 Å². The maximum Gasteiger partial charge on any atom is 0.169 e. The minimum atomic E-state index is -0.0647. The Hall–Kier alpha value is -1.11. The van der Waals surface area contributed by atoms with Crippen molar-refractivity contribution in [2.75, 3.05) is 0 Å². The molecule has 0 atom stereocenters. The van der Waals surface area contributed by atoms with E-state index in [2.05, 4.69) is 39.8 Å². The molecule has 1 nitrogen and oxygen atoms in total. The van der Waals surface area contributed by atoms with Crippen LogP contribution in [0.25, 0.3) is 0 Å². The molecule has 1 aromatic rings. The van der Waals surface area contributed by atoms with Crippen molar-refractivity contribution in [3.8, 4) is 0 Å². The van der Waals surface area contributed by atoms with Gasteiger partial charge >= 0.3 is 0 Å². The molecule has 0 N–H and O–H groups in total. The van der Waals surface area contributed by atoms with Crippen LogP contribution in [0, 0.1) is 26.2 Å². The average molecular weight is 244 g/mol. The van der Waals surface area contributed by atoms with Gasteiger partial charge in [0.25, 0.3) is 0 Å². The summed E-state index contributed by atoms with van der Waals surface area (Å²) in [5, 5.41) is 0. The smallest absolute Gasteiger partial charge is 0.169 e. The fraction of sp³-hybridized carbons (Fsp3) is 0.588. The number of hydrogen-bond acceptors (Lipinski definition) is 1. The minimum absolute atomic E-state index is 0.0647. The van der Waals surface area contributed by atoms with Crippen LogP contribution < -0.4 is 0 Å². The van der Waals surface area contributed by atoms with Crippen LogP contribution in [0.5, 0.6) is 0 Å². The Morgan fingerprint density at radius 2 is 1.61 bits per heavy atom. The van der Waals surface area contributed by atoms with Crippen molar-refractivity contribution in [3.05, 3.63) is 34.4 Å². The van der Waals surface area contributed by atoms with E-state index in [4.69, 9.17) is 0 Å². The molecule has 1 aliphatic carbocycles. The van der Waals surface area contributed by atoms with E-state index in [-0.39, 0.29) is 5.41 Å². The van der Waals surface area contributed by atoms with Crippen molar-refractivity contribution >= 4 is 5.78 Å². The zero-order valence-corrected chi connectivity index (χ0v) is 12.1. The van der Waals surface area contributed by atoms with E-state index in [1.165, 1.54) is 18.4 Å². The van der Waals surface area contributed by atoms with Gasteiger partial charge in [-0.3, -0.25) is 4.79 Å². The van der Waals surface area contributed by atoms with Crippen LogP contribution in [-0.2, 0) is 0 Å². The van der Waals surface area contributed by atoms with Crippen LogP contribution in [0.2, 0.25) is 0 Å². The van der Waals surface area contributed by atoms with Crippen molar-refractivity contribution in [1.82, 2.24) is 0 Å². The van der Waals surface area contributed by atoms with E-state index in [0.717, 1.165) is 36.0 Å². The van der Waals surface area contributed by atoms with Gasteiger partial charge in [-0.2, -0.15) is 0 Å². The lowest BCUT2D eigenvalue weighted by Gasteiger charge is -2.27. The molecule has 0 bridgehead atoms. The summed E-state index contributed by atoms with van der Waals surface area (Å²) in [4.78, 5) is 13.0. The third-order valence-corrected chi connectivity index (χ3v) is 4.62. The summed E-state index contributed by atoms with van der Waals surface area (Å²) in [7, 11) is 0. The van der Waals surface area contributed by atoms with Crippen LogP contribution in [-0.4, -0.2) is 5.78 Å². The summed E-state index contributed by atoms with van der Waals surface area (Å²) < 4.78 is 0. The minimum Gasteiger partial charge on any atom is -0.294 e. The van der Waals surface area contributed by atoms with Gasteiger partial charge in [-0.15, -0.1) is 0 Å². The largest absolute Gasteiger partial charge is 0.294 e. The molecule has 2 rings (SSSR count). The highest BCUT2D eigenvalue weighted by atomic mass is 16.1. The summed E-state index contributed by atoms with van der Waals surface area (Å²) in [6, 6.07) is 4.27. The zero-order valence-electron chi connectivity index (χ0n) is 12.1. The predicted molar refractivity (Wildman–Crippen MR) is 76.2 cm³/mol. The Morgan fingerprint density at radius 1 is 1.11 bits per heavy atom. The first-order valence-corrected chi connectivity index (χ1v) is 7.13. The molecule has 0 saturated heterocycles. The molecule has 1 fully saturated rings. The van der Waals surface area contributed by atoms with Gasteiger partial charge in [0.15, 0.2) is 5.78 Å². The van der Waals surface area contributed by atoms with Crippen molar-refractivity contribution in [2.24, 2.45) is 5.41 Å². The molecule has 18 heavy (non-hydrogen) atoms. The Morgan fingerprint density at radius 3 is 2.06 bits per heavy atom. The average Bonchev–Trinajstić information content (AvgIpc) is 2.77. The fourth-order valence-corrected chi connectivity index (χ4v) is 3.60. The summed E-state index contributed by atoms with van der Waals surface area (Å²) in [5.74, 6) is 0.400. The lowest BCUT2D eigenvalue weighted by molar-refractivity contribution is 0.0790. The molecule has 0 unspecified atom stereocenters. The van der Waals surface area contributed by atoms with Gasteiger partial charge in [0.05, 0.1) is 0 Å². The molecule has 0 radical (unpaired) electrons. The summed E-state index contributed by atoms with van der Waals surface area (Å²) in [6.07, 6.45) is 5.57. The van der Waals surface area contributed by atoms with Crippen LogP contribution in [0.15, 0.2) is 12.1 Å². The first-order chi connectivity index (χ1) is 8.50. The Kier molecular flexibility index (Phi) is 3.61. The van der Waals surface area contributed by atoms with Crippen LogP contribution in [0.4, 0.5) is 0 Å². The van der Waals surface area contributed by atoms with E-state index in [9.17, 15) is 4.79 Å². The molecule has 1 aliphatic rings. The topological polar surface area (TPSA) is 17.1 Å². The second-order valence-electron chi connectivity index (χ2n) is 5.94. The van der Waals surface area contributed by atoms with Gasteiger partial charge in [-0.05, 0) is 51.2 Å². The van der Waals surface area contributed by atoms with Gasteiger partial charge < -0.3 is 0 Å². The van der Waals surface area contributed by atoms with Crippen LogP contribution in [0.3, 0.4) is 0 Å². The first kappa shape index (κ1) is 13.3. The second kappa shape index (κ2) is 4.87. The monoisotopic (exact) mass is 244 g/mol. The number of benzene rings is 1. The van der Waals surface area contributed by atoms with Crippen molar-refractivity contribution in [3.63, 3.8) is 0 Å². The van der Waals surface area contributed by atoms with E-state index in [0.29, 0.717) is 5.78 Å². The highest BCUT2D eigenvalue weighted by molar-refractivity contribution is 6.03. The molecule has 0 amide bonds. The highest BCUT2D eigenvalue weighted by Crippen LogP contribution is 2.44. The molecule has 0 aliphatic heterocycles. The third-order valence-electron chi connectivity index (χ3n) is 4.62. The highest BCUT2D eigenvalue weighted by Gasteiger charge is 2.40. The Bertz CT molecular complexity index is 441. The van der Waals surface area contributed by atoms with Crippen molar-refractivity contribution < 1.29 is 4.79 Å². The lowest BCUT2D eigenvalue weighted by Crippen LogP contribution is -2.28. The number of Topliss-reactive ketones (excluding diaryl/α,β-unsaturated/α-hetero) is 1. The second-order valence-corrected chi connectivity index (χ2v) is 5.94. The van der Waals surface area contributed by atoms with Crippen molar-refractivity contribution in [2.45, 2.75) is 59.8 Å². The fourth-order valence-electron chi connectivity index (χ4n) is 3.60. The molecule has 0 spiro atoms. The van der Waals surface area contributed by atoms with Gasteiger partial charge in [0.1, 0.15) is 0 Å². The number of hydrogen-bond donors (Lipinski definition) is 0. The van der Waals surface area contributed by atoms with Gasteiger partial charge in [0.2, 0.25) is 0 Å². The number of carbonyl (C=O) groups excluding carboxylic acids is 1.